The number of benzene rings is 1. The lowest BCUT2D eigenvalue weighted by Crippen LogP contribution is -2.36. The van der Waals surface area contributed by atoms with E-state index < -0.39 is 0 Å². The molecule has 1 aliphatic heterocycles. The third-order valence-corrected chi connectivity index (χ3v) is 4.21. The largest absolute Gasteiger partial charge is 0.375 e. The monoisotopic (exact) mass is 306 g/mol. The summed E-state index contributed by atoms with van der Waals surface area (Å²) in [6.45, 7) is 1.72. The number of hydrogen-bond donors (Lipinski definition) is 2. The molecule has 0 radical (unpaired) electrons. The molecule has 0 unspecified atom stereocenters. The second-order valence-electron chi connectivity index (χ2n) is 4.94. The molecule has 1 aromatic heterocycles. The molecule has 0 saturated heterocycles. The van der Waals surface area contributed by atoms with Crippen molar-refractivity contribution < 1.29 is 9.18 Å². The minimum Gasteiger partial charge on any atom is -0.375 e. The molecule has 2 heterocycles. The van der Waals surface area contributed by atoms with Gasteiger partial charge in [0.2, 0.25) is 5.91 Å². The summed E-state index contributed by atoms with van der Waals surface area (Å²) in [6.07, 6.45) is 0.802. The first-order chi connectivity index (χ1) is 10.1. The van der Waals surface area contributed by atoms with Gasteiger partial charge < -0.3 is 11.1 Å². The Kier molecular flexibility index (Phi) is 3.85. The lowest BCUT2D eigenvalue weighted by Gasteiger charge is -2.25. The highest BCUT2D eigenvalue weighted by Gasteiger charge is 2.21. The predicted octanol–water partition coefficient (Wildman–Crippen LogP) is 1.86. The topological polar surface area (TPSA) is 71.2 Å². The van der Waals surface area contributed by atoms with Gasteiger partial charge in [-0.25, -0.2) is 9.37 Å². The Balaban J connectivity index is 1.59. The second-order valence-corrected chi connectivity index (χ2v) is 6.06. The van der Waals surface area contributed by atoms with Gasteiger partial charge in [-0.3, -0.25) is 9.69 Å². The maximum absolute atomic E-state index is 13.1. The zero-order chi connectivity index (χ0) is 14.8. The number of carbonyl (C=O) groups is 1. The second kappa shape index (κ2) is 5.79. The summed E-state index contributed by atoms with van der Waals surface area (Å²) in [6, 6.07) is 5.88. The van der Waals surface area contributed by atoms with Gasteiger partial charge in [-0.2, -0.15) is 0 Å². The van der Waals surface area contributed by atoms with Gasteiger partial charge in [0.1, 0.15) is 5.82 Å². The molecule has 0 spiro atoms. The smallest absolute Gasteiger partial charge is 0.238 e. The number of hydrogen-bond acceptors (Lipinski definition) is 5. The van der Waals surface area contributed by atoms with Crippen LogP contribution in [0.15, 0.2) is 24.3 Å². The molecule has 3 N–H and O–H groups in total. The van der Waals surface area contributed by atoms with Crippen molar-refractivity contribution in [1.29, 1.82) is 0 Å². The van der Waals surface area contributed by atoms with E-state index in [1.807, 2.05) is 4.90 Å². The van der Waals surface area contributed by atoms with Crippen molar-refractivity contribution in [3.05, 3.63) is 40.7 Å². The van der Waals surface area contributed by atoms with Crippen LogP contribution in [0, 0.1) is 5.82 Å². The number of thiazole rings is 1. The number of fused-ring (bicyclic) bond motifs is 1. The lowest BCUT2D eigenvalue weighted by molar-refractivity contribution is -0.117. The van der Waals surface area contributed by atoms with Crippen LogP contribution in [-0.2, 0) is 17.8 Å². The van der Waals surface area contributed by atoms with Crippen molar-refractivity contribution in [1.82, 2.24) is 9.88 Å². The van der Waals surface area contributed by atoms with Crippen LogP contribution in [-0.4, -0.2) is 28.9 Å². The molecule has 0 atom stereocenters. The summed E-state index contributed by atoms with van der Waals surface area (Å²) >= 11 is 1.47. The Morgan fingerprint density at radius 2 is 2.38 bits per heavy atom. The molecule has 0 aliphatic carbocycles. The van der Waals surface area contributed by atoms with Crippen molar-refractivity contribution in [3.8, 4) is 0 Å². The number of nitrogen functional groups attached to an aromatic ring is 1. The fraction of sp³-hybridized carbons (Fsp3) is 0.286. The van der Waals surface area contributed by atoms with E-state index in [2.05, 4.69) is 10.3 Å². The van der Waals surface area contributed by atoms with Crippen LogP contribution < -0.4 is 11.1 Å². The number of amides is 1. The van der Waals surface area contributed by atoms with Crippen LogP contribution in [0.5, 0.6) is 0 Å². The van der Waals surface area contributed by atoms with E-state index in [1.165, 1.54) is 23.5 Å². The Hall–Kier alpha value is -1.99. The third kappa shape index (κ3) is 3.37. The molecule has 1 aromatic carbocycles. The Morgan fingerprint density at radius 1 is 1.52 bits per heavy atom. The van der Waals surface area contributed by atoms with Crippen LogP contribution in [0.25, 0.3) is 0 Å². The minimum atomic E-state index is -0.365. The normalized spacial score (nSPS) is 14.7. The van der Waals surface area contributed by atoms with E-state index >= 15 is 0 Å². The first-order valence-electron chi connectivity index (χ1n) is 6.62. The van der Waals surface area contributed by atoms with Gasteiger partial charge in [0.25, 0.3) is 0 Å². The van der Waals surface area contributed by atoms with E-state index in [1.54, 1.807) is 12.1 Å². The molecule has 2 aromatic rings. The summed E-state index contributed by atoms with van der Waals surface area (Å²) in [5.41, 5.74) is 7.21. The van der Waals surface area contributed by atoms with Gasteiger partial charge in [0.05, 0.1) is 12.2 Å². The molecule has 110 valence electrons. The molecule has 0 saturated carbocycles. The molecular formula is C14H15FN4OS. The number of anilines is 2. The number of halogens is 1. The first-order valence-corrected chi connectivity index (χ1v) is 7.43. The molecule has 3 rings (SSSR count). The van der Waals surface area contributed by atoms with Crippen molar-refractivity contribution in [3.63, 3.8) is 0 Å². The van der Waals surface area contributed by atoms with E-state index in [-0.39, 0.29) is 18.3 Å². The molecule has 0 fully saturated rings. The fourth-order valence-electron chi connectivity index (χ4n) is 2.37. The summed E-state index contributed by atoms with van der Waals surface area (Å²) in [4.78, 5) is 19.4. The molecular weight excluding hydrogens is 291 g/mol. The zero-order valence-electron chi connectivity index (χ0n) is 11.3. The summed E-state index contributed by atoms with van der Waals surface area (Å²) in [7, 11) is 0. The van der Waals surface area contributed by atoms with Crippen molar-refractivity contribution in [2.24, 2.45) is 0 Å². The van der Waals surface area contributed by atoms with Gasteiger partial charge in [-0.1, -0.05) is 6.07 Å². The van der Waals surface area contributed by atoms with Crippen molar-refractivity contribution in [2.75, 3.05) is 24.1 Å². The molecule has 7 heteroatoms. The highest BCUT2D eigenvalue weighted by atomic mass is 32.1. The summed E-state index contributed by atoms with van der Waals surface area (Å²) in [5, 5.41) is 3.28. The molecule has 1 aliphatic rings. The van der Waals surface area contributed by atoms with Crippen LogP contribution in [0.4, 0.5) is 15.2 Å². The number of carbonyl (C=O) groups excluding carboxylic acids is 1. The maximum Gasteiger partial charge on any atom is 0.238 e. The van der Waals surface area contributed by atoms with Gasteiger partial charge in [0, 0.05) is 30.1 Å². The van der Waals surface area contributed by atoms with E-state index in [4.69, 9.17) is 5.73 Å². The summed E-state index contributed by atoms with van der Waals surface area (Å²) in [5.74, 6) is -0.517. The minimum absolute atomic E-state index is 0.151. The number of aromatic nitrogens is 1. The predicted molar refractivity (Wildman–Crippen MR) is 80.5 cm³/mol. The van der Waals surface area contributed by atoms with E-state index in [9.17, 15) is 9.18 Å². The highest BCUT2D eigenvalue weighted by Crippen LogP contribution is 2.26. The average molecular weight is 306 g/mol. The maximum atomic E-state index is 13.1. The van der Waals surface area contributed by atoms with Crippen molar-refractivity contribution >= 4 is 28.1 Å². The Labute approximate surface area is 125 Å². The first kappa shape index (κ1) is 14.0. The molecule has 5 nitrogen and oxygen atoms in total. The van der Waals surface area contributed by atoms with Gasteiger partial charge in [-0.05, 0) is 18.2 Å². The molecule has 1 amide bonds. The van der Waals surface area contributed by atoms with E-state index in [0.717, 1.165) is 23.5 Å². The zero-order valence-corrected chi connectivity index (χ0v) is 12.1. The quantitative estimate of drug-likeness (QED) is 0.908. The van der Waals surface area contributed by atoms with Crippen molar-refractivity contribution in [2.45, 2.75) is 13.0 Å². The summed E-state index contributed by atoms with van der Waals surface area (Å²) < 4.78 is 13.1. The number of rotatable bonds is 3. The Morgan fingerprint density at radius 3 is 3.19 bits per heavy atom. The van der Waals surface area contributed by atoms with Gasteiger partial charge in [-0.15, -0.1) is 11.3 Å². The SMILES string of the molecule is Nc1nc2c(s1)CN(CC(=O)Nc1cccc(F)c1)CC2. The van der Waals surface area contributed by atoms with E-state index in [0.29, 0.717) is 17.4 Å². The highest BCUT2D eigenvalue weighted by molar-refractivity contribution is 7.15. The number of nitrogens with zero attached hydrogens (tertiary/aromatic N) is 2. The third-order valence-electron chi connectivity index (χ3n) is 3.30. The van der Waals surface area contributed by atoms with Crippen LogP contribution in [0.3, 0.4) is 0 Å². The lowest BCUT2D eigenvalue weighted by atomic mass is 10.2. The van der Waals surface area contributed by atoms with Gasteiger partial charge in [0.15, 0.2) is 5.13 Å². The van der Waals surface area contributed by atoms with Crippen LogP contribution in [0.1, 0.15) is 10.6 Å². The van der Waals surface area contributed by atoms with Crippen LogP contribution >= 0.6 is 11.3 Å². The fourth-order valence-corrected chi connectivity index (χ4v) is 3.29. The Bertz CT molecular complexity index is 673. The number of nitrogens with two attached hydrogens (primary N) is 1. The standard InChI is InChI=1S/C14H15FN4OS/c15-9-2-1-3-10(6-9)17-13(20)8-19-5-4-11-12(7-19)21-14(16)18-11/h1-3,6H,4-5,7-8H2,(H2,16,18)(H,17,20). The average Bonchev–Trinajstić information content (AvgIpc) is 2.78. The molecule has 21 heavy (non-hydrogen) atoms. The van der Waals surface area contributed by atoms with Crippen LogP contribution in [0.2, 0.25) is 0 Å². The molecule has 0 bridgehead atoms. The van der Waals surface area contributed by atoms with Gasteiger partial charge >= 0.3 is 0 Å². The number of nitrogens with one attached hydrogen (secondary N) is 1.